The molecular weight excluding hydrogens is 270 g/mol. The van der Waals surface area contributed by atoms with Gasteiger partial charge in [0.2, 0.25) is 5.82 Å². The number of carbonyl (C=O) groups is 1. The Labute approximate surface area is 120 Å². The van der Waals surface area contributed by atoms with Crippen LogP contribution in [0.5, 0.6) is 0 Å². The van der Waals surface area contributed by atoms with E-state index in [4.69, 9.17) is 5.11 Å². The van der Waals surface area contributed by atoms with E-state index in [1.165, 1.54) is 0 Å². The molecule has 2 N–H and O–H groups in total. The van der Waals surface area contributed by atoms with E-state index in [1.807, 2.05) is 25.3 Å². The summed E-state index contributed by atoms with van der Waals surface area (Å²) in [7, 11) is 0. The minimum Gasteiger partial charge on any atom is -0.475 e. The van der Waals surface area contributed by atoms with Gasteiger partial charge in [-0.15, -0.1) is 0 Å². The summed E-state index contributed by atoms with van der Waals surface area (Å²) in [5.74, 6) is -0.944. The van der Waals surface area contributed by atoms with Gasteiger partial charge < -0.3 is 10.4 Å². The quantitative estimate of drug-likeness (QED) is 0.763. The van der Waals surface area contributed by atoms with Gasteiger partial charge in [0, 0.05) is 18.1 Å². The predicted octanol–water partition coefficient (Wildman–Crippen LogP) is 2.29. The molecule has 3 rings (SSSR count). The molecule has 2 aromatic heterocycles. The van der Waals surface area contributed by atoms with Gasteiger partial charge in [-0.2, -0.15) is 5.10 Å². The highest BCUT2D eigenvalue weighted by Gasteiger charge is 2.13. The van der Waals surface area contributed by atoms with Crippen LogP contribution < -0.4 is 5.32 Å². The maximum atomic E-state index is 11.1. The molecule has 0 unspecified atom stereocenters. The van der Waals surface area contributed by atoms with E-state index in [2.05, 4.69) is 20.4 Å². The lowest BCUT2D eigenvalue weighted by Gasteiger charge is -2.07. The summed E-state index contributed by atoms with van der Waals surface area (Å²) in [6.45, 7) is 2.74. The lowest BCUT2D eigenvalue weighted by Crippen LogP contribution is -2.07. The molecule has 0 bridgehead atoms. The molecule has 0 saturated heterocycles. The van der Waals surface area contributed by atoms with Crippen LogP contribution in [0.2, 0.25) is 0 Å². The highest BCUT2D eigenvalue weighted by Crippen LogP contribution is 2.23. The highest BCUT2D eigenvalue weighted by molar-refractivity contribution is 5.94. The van der Waals surface area contributed by atoms with Crippen LogP contribution in [0.1, 0.15) is 17.5 Å². The van der Waals surface area contributed by atoms with E-state index in [0.29, 0.717) is 11.3 Å². The van der Waals surface area contributed by atoms with Gasteiger partial charge in [0.05, 0.1) is 17.4 Å². The van der Waals surface area contributed by atoms with Crippen LogP contribution in [0, 0.1) is 0 Å². The molecule has 0 fully saturated rings. The van der Waals surface area contributed by atoms with Crippen LogP contribution in [0.4, 0.5) is 11.5 Å². The van der Waals surface area contributed by atoms with E-state index in [-0.39, 0.29) is 5.82 Å². The van der Waals surface area contributed by atoms with Gasteiger partial charge >= 0.3 is 5.97 Å². The fourth-order valence-electron chi connectivity index (χ4n) is 2.01. The Balaban J connectivity index is 2.09. The zero-order valence-electron chi connectivity index (χ0n) is 11.3. The molecule has 0 amide bonds. The molecule has 0 atom stereocenters. The van der Waals surface area contributed by atoms with Crippen LogP contribution in [-0.2, 0) is 6.54 Å². The number of fused-ring (bicyclic) bond motifs is 1. The minimum absolute atomic E-state index is 0.237. The van der Waals surface area contributed by atoms with Crippen molar-refractivity contribution >= 4 is 28.4 Å². The van der Waals surface area contributed by atoms with E-state index in [1.54, 1.807) is 23.0 Å². The number of rotatable bonds is 4. The van der Waals surface area contributed by atoms with Crippen LogP contribution in [0.3, 0.4) is 0 Å². The molecule has 106 valence electrons. The maximum Gasteiger partial charge on any atom is 0.374 e. The molecule has 0 saturated carbocycles. The normalized spacial score (nSPS) is 10.7. The highest BCUT2D eigenvalue weighted by atomic mass is 16.4. The number of aromatic carboxylic acids is 1. The lowest BCUT2D eigenvalue weighted by atomic mass is 10.2. The Bertz CT molecular complexity index is 812. The van der Waals surface area contributed by atoms with E-state index in [0.717, 1.165) is 17.6 Å². The molecule has 2 heterocycles. The Hall–Kier alpha value is -2.96. The average molecular weight is 283 g/mol. The van der Waals surface area contributed by atoms with Gasteiger partial charge in [0.1, 0.15) is 5.82 Å². The third kappa shape index (κ3) is 2.53. The largest absolute Gasteiger partial charge is 0.475 e. The number of carboxylic acid groups (broad SMARTS) is 1. The smallest absolute Gasteiger partial charge is 0.374 e. The minimum atomic E-state index is -1.16. The Morgan fingerprint density at radius 2 is 2.14 bits per heavy atom. The first kappa shape index (κ1) is 13.0. The zero-order chi connectivity index (χ0) is 14.8. The van der Waals surface area contributed by atoms with E-state index >= 15 is 0 Å². The summed E-state index contributed by atoms with van der Waals surface area (Å²) in [5.41, 5.74) is 1.33. The number of hydrogen-bond donors (Lipinski definition) is 2. The second-order valence-corrected chi connectivity index (χ2v) is 4.43. The first-order chi connectivity index (χ1) is 10.2. The van der Waals surface area contributed by atoms with Gasteiger partial charge in [-0.3, -0.25) is 4.68 Å². The van der Waals surface area contributed by atoms with Gasteiger partial charge in [-0.25, -0.2) is 14.8 Å². The number of anilines is 2. The summed E-state index contributed by atoms with van der Waals surface area (Å²) in [6.07, 6.45) is 3.50. The summed E-state index contributed by atoms with van der Waals surface area (Å²) in [4.78, 5) is 19.2. The molecule has 0 aliphatic heterocycles. The summed E-state index contributed by atoms with van der Waals surface area (Å²) in [5, 5.41) is 17.1. The Morgan fingerprint density at radius 1 is 1.33 bits per heavy atom. The second-order valence-electron chi connectivity index (χ2n) is 4.43. The zero-order valence-corrected chi connectivity index (χ0v) is 11.3. The SMILES string of the molecule is CCn1cc(Nc2nc(C(=O)O)nc3ccccc23)cn1. The molecular formula is C14H13N5O2. The molecule has 7 heteroatoms. The summed E-state index contributed by atoms with van der Waals surface area (Å²) in [6, 6.07) is 7.25. The molecule has 1 aromatic carbocycles. The number of para-hydroxylation sites is 1. The van der Waals surface area contributed by atoms with Crippen molar-refractivity contribution in [3.8, 4) is 0 Å². The van der Waals surface area contributed by atoms with Gasteiger partial charge in [0.25, 0.3) is 0 Å². The van der Waals surface area contributed by atoms with Gasteiger partial charge in [-0.05, 0) is 19.1 Å². The first-order valence-electron chi connectivity index (χ1n) is 6.47. The molecule has 0 spiro atoms. The molecule has 0 radical (unpaired) electrons. The molecule has 3 aromatic rings. The van der Waals surface area contributed by atoms with Crippen LogP contribution in [-0.4, -0.2) is 30.8 Å². The predicted molar refractivity (Wildman–Crippen MR) is 77.7 cm³/mol. The van der Waals surface area contributed by atoms with Crippen molar-refractivity contribution in [2.75, 3.05) is 5.32 Å². The van der Waals surface area contributed by atoms with Crippen molar-refractivity contribution in [2.24, 2.45) is 0 Å². The number of benzene rings is 1. The van der Waals surface area contributed by atoms with Crippen LogP contribution in [0.25, 0.3) is 10.9 Å². The molecule has 21 heavy (non-hydrogen) atoms. The van der Waals surface area contributed by atoms with Crippen molar-refractivity contribution in [1.29, 1.82) is 0 Å². The van der Waals surface area contributed by atoms with E-state index < -0.39 is 5.97 Å². The van der Waals surface area contributed by atoms with Crippen molar-refractivity contribution in [2.45, 2.75) is 13.5 Å². The molecule has 0 aliphatic rings. The number of aromatic nitrogens is 4. The second kappa shape index (κ2) is 5.20. The third-order valence-corrected chi connectivity index (χ3v) is 3.01. The van der Waals surface area contributed by atoms with Crippen molar-refractivity contribution in [3.63, 3.8) is 0 Å². The topological polar surface area (TPSA) is 92.9 Å². The Morgan fingerprint density at radius 3 is 2.86 bits per heavy atom. The summed E-state index contributed by atoms with van der Waals surface area (Å²) >= 11 is 0. The third-order valence-electron chi connectivity index (χ3n) is 3.01. The number of carboxylic acids is 1. The first-order valence-corrected chi connectivity index (χ1v) is 6.47. The Kier molecular flexibility index (Phi) is 3.23. The van der Waals surface area contributed by atoms with Crippen molar-refractivity contribution in [3.05, 3.63) is 42.5 Å². The number of hydrogen-bond acceptors (Lipinski definition) is 5. The van der Waals surface area contributed by atoms with Crippen LogP contribution in [0.15, 0.2) is 36.7 Å². The van der Waals surface area contributed by atoms with Crippen molar-refractivity contribution < 1.29 is 9.90 Å². The number of aryl methyl sites for hydroxylation is 1. The number of nitrogens with zero attached hydrogens (tertiary/aromatic N) is 4. The van der Waals surface area contributed by atoms with Crippen molar-refractivity contribution in [1.82, 2.24) is 19.7 Å². The van der Waals surface area contributed by atoms with Gasteiger partial charge in [0.15, 0.2) is 0 Å². The number of nitrogens with one attached hydrogen (secondary N) is 1. The lowest BCUT2D eigenvalue weighted by molar-refractivity contribution is 0.0684. The monoisotopic (exact) mass is 283 g/mol. The fourth-order valence-corrected chi connectivity index (χ4v) is 2.01. The van der Waals surface area contributed by atoms with E-state index in [9.17, 15) is 4.79 Å². The standard InChI is InChI=1S/C14H13N5O2/c1-2-19-8-9(7-15-19)16-12-10-5-3-4-6-11(10)17-13(18-12)14(20)21/h3-8H,2H2,1H3,(H,20,21)(H,16,17,18). The fraction of sp³-hybridized carbons (Fsp3) is 0.143. The molecule has 0 aliphatic carbocycles. The summed E-state index contributed by atoms with van der Waals surface area (Å²) < 4.78 is 1.77. The van der Waals surface area contributed by atoms with Crippen LogP contribution >= 0.6 is 0 Å². The molecule has 7 nitrogen and oxygen atoms in total. The average Bonchev–Trinajstić information content (AvgIpc) is 2.94. The van der Waals surface area contributed by atoms with Gasteiger partial charge in [-0.1, -0.05) is 12.1 Å². The maximum absolute atomic E-state index is 11.1.